The van der Waals surface area contributed by atoms with Crippen LogP contribution in [0, 0.1) is 6.92 Å². The molecule has 1 radical (unpaired) electrons. The van der Waals surface area contributed by atoms with Crippen LogP contribution in [0.3, 0.4) is 0 Å². The highest BCUT2D eigenvalue weighted by molar-refractivity contribution is 5.88. The van der Waals surface area contributed by atoms with Crippen molar-refractivity contribution in [1.82, 2.24) is 0 Å². The zero-order valence-corrected chi connectivity index (χ0v) is 10.1. The van der Waals surface area contributed by atoms with Crippen molar-refractivity contribution in [2.24, 2.45) is 0 Å². The molecule has 1 aromatic rings. The monoisotopic (exact) mass is 235 g/mol. The summed E-state index contributed by atoms with van der Waals surface area (Å²) in [5.74, 6) is -0.441. The molecule has 0 atom stereocenters. The molecule has 0 N–H and O–H groups in total. The lowest BCUT2D eigenvalue weighted by molar-refractivity contribution is -0.241. The van der Waals surface area contributed by atoms with Crippen LogP contribution in [0.1, 0.15) is 42.5 Å². The Morgan fingerprint density at radius 2 is 1.76 bits per heavy atom. The van der Waals surface area contributed by atoms with Crippen LogP contribution < -0.4 is 0 Å². The minimum Gasteiger partial charge on any atom is -0.293 e. The second-order valence-corrected chi connectivity index (χ2v) is 3.83. The first-order valence-corrected chi connectivity index (χ1v) is 6.02. The minimum absolute atomic E-state index is 0.441. The molecule has 3 nitrogen and oxygen atoms in total. The summed E-state index contributed by atoms with van der Waals surface area (Å²) in [5.41, 5.74) is 0.504. The molecule has 0 spiro atoms. The minimum atomic E-state index is -0.441. The summed E-state index contributed by atoms with van der Waals surface area (Å²) < 4.78 is 0. The number of hydrogen-bond donors (Lipinski definition) is 0. The second kappa shape index (κ2) is 8.76. The van der Waals surface area contributed by atoms with E-state index >= 15 is 0 Å². The molecule has 1 rings (SSSR count). The van der Waals surface area contributed by atoms with Crippen molar-refractivity contribution in [3.63, 3.8) is 0 Å². The van der Waals surface area contributed by atoms with Crippen LogP contribution in [0.25, 0.3) is 0 Å². The molecule has 0 aliphatic carbocycles. The highest BCUT2D eigenvalue weighted by Crippen LogP contribution is 2.04. The van der Waals surface area contributed by atoms with E-state index in [1.807, 2.05) is 6.07 Å². The number of unbranched alkanes of at least 4 members (excludes halogenated alkanes) is 4. The van der Waals surface area contributed by atoms with Gasteiger partial charge in [-0.05, 0) is 18.6 Å². The van der Waals surface area contributed by atoms with Crippen molar-refractivity contribution in [2.45, 2.75) is 32.1 Å². The van der Waals surface area contributed by atoms with Crippen molar-refractivity contribution in [1.29, 1.82) is 0 Å². The van der Waals surface area contributed by atoms with Gasteiger partial charge >= 0.3 is 5.97 Å². The van der Waals surface area contributed by atoms with Crippen molar-refractivity contribution in [3.8, 4) is 0 Å². The van der Waals surface area contributed by atoms with E-state index in [9.17, 15) is 4.79 Å². The number of rotatable bonds is 8. The van der Waals surface area contributed by atoms with E-state index in [0.717, 1.165) is 32.1 Å². The molecule has 0 bridgehead atoms. The molecule has 3 heteroatoms. The maximum Gasteiger partial charge on any atom is 0.373 e. The van der Waals surface area contributed by atoms with Crippen LogP contribution >= 0.6 is 0 Å². The normalized spacial score (nSPS) is 10.2. The molecule has 0 amide bonds. The van der Waals surface area contributed by atoms with Gasteiger partial charge in [0.1, 0.15) is 0 Å². The Kier molecular flexibility index (Phi) is 7.07. The van der Waals surface area contributed by atoms with Crippen LogP contribution in [0.4, 0.5) is 0 Å². The van der Waals surface area contributed by atoms with Gasteiger partial charge < -0.3 is 0 Å². The van der Waals surface area contributed by atoms with Crippen LogP contribution in [-0.2, 0) is 9.78 Å². The first-order valence-electron chi connectivity index (χ1n) is 6.02. The third-order valence-electron chi connectivity index (χ3n) is 2.37. The zero-order valence-electron chi connectivity index (χ0n) is 10.1. The van der Waals surface area contributed by atoms with E-state index in [-0.39, 0.29) is 0 Å². The summed E-state index contributed by atoms with van der Waals surface area (Å²) in [6, 6.07) is 8.81. The standard InChI is InChI=1S/C14H19O3/c1-2-3-4-5-9-12-16-17-14(15)13-10-7-6-8-11-13/h6-8,10-11H,1-5,9,12H2. The predicted octanol–water partition coefficient (Wildman–Crippen LogP) is 3.56. The Morgan fingerprint density at radius 3 is 2.47 bits per heavy atom. The fourth-order valence-electron chi connectivity index (χ4n) is 1.41. The van der Waals surface area contributed by atoms with Gasteiger partial charge in [-0.1, -0.05) is 50.8 Å². The van der Waals surface area contributed by atoms with Gasteiger partial charge in [-0.3, -0.25) is 4.89 Å². The molecule has 0 saturated carbocycles. The molecule has 0 unspecified atom stereocenters. The van der Waals surface area contributed by atoms with Crippen molar-refractivity contribution in [2.75, 3.05) is 6.61 Å². The fourth-order valence-corrected chi connectivity index (χ4v) is 1.41. The van der Waals surface area contributed by atoms with Crippen LogP contribution in [0.15, 0.2) is 30.3 Å². The molecule has 0 saturated heterocycles. The first-order chi connectivity index (χ1) is 8.34. The summed E-state index contributed by atoms with van der Waals surface area (Å²) in [6.07, 6.45) is 5.26. The Morgan fingerprint density at radius 1 is 1.06 bits per heavy atom. The molecule has 0 aliphatic rings. The molecule has 1 aromatic carbocycles. The van der Waals surface area contributed by atoms with Gasteiger partial charge in [0.25, 0.3) is 0 Å². The Labute approximate surface area is 103 Å². The van der Waals surface area contributed by atoms with Crippen LogP contribution in [0.5, 0.6) is 0 Å². The lowest BCUT2D eigenvalue weighted by Gasteiger charge is -2.03. The molecule has 0 aromatic heterocycles. The zero-order chi connectivity index (χ0) is 12.3. The van der Waals surface area contributed by atoms with Gasteiger partial charge in [0.05, 0.1) is 12.2 Å². The van der Waals surface area contributed by atoms with Crippen LogP contribution in [0.2, 0.25) is 0 Å². The van der Waals surface area contributed by atoms with E-state index in [2.05, 4.69) is 11.8 Å². The number of carbonyl (C=O) groups excluding carboxylic acids is 1. The van der Waals surface area contributed by atoms with Gasteiger partial charge in [0, 0.05) is 0 Å². The third kappa shape index (κ3) is 6.07. The maximum atomic E-state index is 11.4. The van der Waals surface area contributed by atoms with Crippen molar-refractivity contribution < 1.29 is 14.6 Å². The first kappa shape index (κ1) is 13.7. The van der Waals surface area contributed by atoms with Gasteiger partial charge in [-0.2, -0.15) is 4.89 Å². The molecular weight excluding hydrogens is 216 g/mol. The molecule has 93 valence electrons. The molecule has 17 heavy (non-hydrogen) atoms. The third-order valence-corrected chi connectivity index (χ3v) is 2.37. The molecule has 0 fully saturated rings. The molecule has 0 aliphatic heterocycles. The van der Waals surface area contributed by atoms with E-state index in [0.29, 0.717) is 12.2 Å². The lowest BCUT2D eigenvalue weighted by atomic mass is 10.2. The van der Waals surface area contributed by atoms with Gasteiger partial charge in [0.2, 0.25) is 0 Å². The Hall–Kier alpha value is -1.35. The summed E-state index contributed by atoms with van der Waals surface area (Å²) in [5, 5.41) is 0. The summed E-state index contributed by atoms with van der Waals surface area (Å²) in [7, 11) is 0. The summed E-state index contributed by atoms with van der Waals surface area (Å²) in [4.78, 5) is 21.0. The second-order valence-electron chi connectivity index (χ2n) is 3.83. The Bertz CT molecular complexity index is 309. The fraction of sp³-hybridized carbons (Fsp3) is 0.429. The SMILES string of the molecule is [CH2]CCCCCCOOC(=O)c1ccccc1. The average Bonchev–Trinajstić information content (AvgIpc) is 2.38. The van der Waals surface area contributed by atoms with Crippen molar-refractivity contribution >= 4 is 5.97 Å². The molecular formula is C14H19O3. The van der Waals surface area contributed by atoms with Gasteiger partial charge in [-0.15, -0.1) is 0 Å². The van der Waals surface area contributed by atoms with E-state index < -0.39 is 5.97 Å². The number of benzene rings is 1. The van der Waals surface area contributed by atoms with E-state index in [1.54, 1.807) is 24.3 Å². The van der Waals surface area contributed by atoms with E-state index in [1.165, 1.54) is 0 Å². The lowest BCUT2D eigenvalue weighted by Crippen LogP contribution is -2.06. The summed E-state index contributed by atoms with van der Waals surface area (Å²) in [6.45, 7) is 4.23. The van der Waals surface area contributed by atoms with Gasteiger partial charge in [0.15, 0.2) is 0 Å². The average molecular weight is 235 g/mol. The largest absolute Gasteiger partial charge is 0.373 e. The smallest absolute Gasteiger partial charge is 0.293 e. The summed E-state index contributed by atoms with van der Waals surface area (Å²) >= 11 is 0. The maximum absolute atomic E-state index is 11.4. The van der Waals surface area contributed by atoms with Gasteiger partial charge in [-0.25, -0.2) is 4.79 Å². The van der Waals surface area contributed by atoms with Crippen LogP contribution in [-0.4, -0.2) is 12.6 Å². The number of carbonyl (C=O) groups is 1. The quantitative estimate of drug-likeness (QED) is 0.392. The predicted molar refractivity (Wildman–Crippen MR) is 66.3 cm³/mol. The van der Waals surface area contributed by atoms with E-state index in [4.69, 9.17) is 4.89 Å². The Balaban J connectivity index is 2.05. The highest BCUT2D eigenvalue weighted by atomic mass is 17.2. The number of hydrogen-bond acceptors (Lipinski definition) is 3. The van der Waals surface area contributed by atoms with Crippen molar-refractivity contribution in [3.05, 3.63) is 42.8 Å². The highest BCUT2D eigenvalue weighted by Gasteiger charge is 2.06. The topological polar surface area (TPSA) is 35.5 Å². The molecule has 0 heterocycles.